The molecule has 3 N–H and O–H groups in total. The van der Waals surface area contributed by atoms with E-state index < -0.39 is 11.2 Å². The number of aromatic nitrogens is 2. The largest absolute Gasteiger partial charge is 0.358 e. The lowest BCUT2D eigenvalue weighted by Gasteiger charge is -2.12. The Morgan fingerprint density at radius 3 is 3.06 bits per heavy atom. The lowest BCUT2D eigenvalue weighted by Crippen LogP contribution is -2.33. The van der Waals surface area contributed by atoms with Gasteiger partial charge in [-0.15, -0.1) is 0 Å². The molecule has 0 saturated carbocycles. The fourth-order valence-corrected chi connectivity index (χ4v) is 1.71. The number of hydrogen-bond acceptors (Lipinski definition) is 4. The average Bonchev–Trinajstić information content (AvgIpc) is 2.81. The van der Waals surface area contributed by atoms with Gasteiger partial charge in [-0.25, -0.2) is 4.79 Å². The smallest absolute Gasteiger partial charge is 0.330 e. The molecule has 1 atom stereocenters. The molecule has 0 amide bonds. The van der Waals surface area contributed by atoms with E-state index in [9.17, 15) is 9.59 Å². The number of nitrogens with two attached hydrogens (primary N) is 1. The second-order valence-corrected chi connectivity index (χ2v) is 3.68. The monoisotopic (exact) mass is 235 g/mol. The number of ether oxygens (including phenoxy) is 1. The second-order valence-electron chi connectivity index (χ2n) is 3.68. The third-order valence-corrected chi connectivity index (χ3v) is 2.51. The van der Waals surface area contributed by atoms with Crippen LogP contribution in [-0.2, 0) is 4.74 Å². The number of aromatic amines is 1. The summed E-state index contributed by atoms with van der Waals surface area (Å²) in [5.41, 5.74) is 4.50. The van der Waals surface area contributed by atoms with Crippen LogP contribution in [0.25, 0.3) is 0 Å². The van der Waals surface area contributed by atoms with Gasteiger partial charge in [0.1, 0.15) is 11.8 Å². The van der Waals surface area contributed by atoms with Crippen molar-refractivity contribution in [1.82, 2.24) is 9.55 Å². The summed E-state index contributed by atoms with van der Waals surface area (Å²) in [7, 11) is 0. The van der Waals surface area contributed by atoms with E-state index in [0.717, 1.165) is 12.8 Å². The third-order valence-electron chi connectivity index (χ3n) is 2.51. The summed E-state index contributed by atoms with van der Waals surface area (Å²) in [6, 6.07) is 0. The summed E-state index contributed by atoms with van der Waals surface area (Å²) < 4.78 is 6.76. The Morgan fingerprint density at radius 2 is 2.41 bits per heavy atom. The number of nitrogens with one attached hydrogen (secondary N) is 1. The molecule has 1 fully saturated rings. The predicted molar refractivity (Wildman–Crippen MR) is 61.5 cm³/mol. The van der Waals surface area contributed by atoms with Gasteiger partial charge in [0.2, 0.25) is 0 Å². The van der Waals surface area contributed by atoms with E-state index in [2.05, 4.69) is 16.8 Å². The first-order valence-electron chi connectivity index (χ1n) is 5.38. The zero-order valence-corrected chi connectivity index (χ0v) is 9.23. The quantitative estimate of drug-likeness (QED) is 0.621. The van der Waals surface area contributed by atoms with E-state index in [1.165, 1.54) is 10.8 Å². The molecular formula is C11H13N3O3. The fourth-order valence-electron chi connectivity index (χ4n) is 1.71. The molecule has 0 aliphatic carbocycles. The highest BCUT2D eigenvalue weighted by atomic mass is 16.5. The van der Waals surface area contributed by atoms with Gasteiger partial charge in [-0.1, -0.05) is 11.8 Å². The molecule has 2 heterocycles. The first-order valence-corrected chi connectivity index (χ1v) is 5.38. The van der Waals surface area contributed by atoms with Crippen molar-refractivity contribution in [3.63, 3.8) is 0 Å². The van der Waals surface area contributed by atoms with Crippen LogP contribution in [-0.4, -0.2) is 22.7 Å². The van der Waals surface area contributed by atoms with Gasteiger partial charge in [-0.05, 0) is 12.8 Å². The number of H-pyrrole nitrogens is 1. The van der Waals surface area contributed by atoms with Crippen LogP contribution in [0.3, 0.4) is 0 Å². The Balaban J connectivity index is 2.45. The molecule has 1 aliphatic rings. The SMILES string of the molecule is NCC#Cc1cn(C2CCCO2)c(=O)[nH]c1=O. The Labute approximate surface area is 97.4 Å². The molecule has 6 nitrogen and oxygen atoms in total. The van der Waals surface area contributed by atoms with Gasteiger partial charge in [-0.3, -0.25) is 14.3 Å². The number of nitrogens with zero attached hydrogens (tertiary/aromatic N) is 1. The van der Waals surface area contributed by atoms with Crippen molar-refractivity contribution >= 4 is 0 Å². The molecular weight excluding hydrogens is 222 g/mol. The second kappa shape index (κ2) is 4.99. The van der Waals surface area contributed by atoms with Crippen LogP contribution < -0.4 is 17.0 Å². The standard InChI is InChI=1S/C11H13N3O3/c12-5-1-3-8-7-14(9-4-2-6-17-9)11(16)13-10(8)15/h7,9H,2,4-6,12H2,(H,13,15,16). The van der Waals surface area contributed by atoms with Crippen LogP contribution in [0.2, 0.25) is 0 Å². The third kappa shape index (κ3) is 2.46. The summed E-state index contributed by atoms with van der Waals surface area (Å²) in [6.07, 6.45) is 2.79. The average molecular weight is 235 g/mol. The van der Waals surface area contributed by atoms with Crippen LogP contribution in [0.4, 0.5) is 0 Å². The van der Waals surface area contributed by atoms with Gasteiger partial charge < -0.3 is 10.5 Å². The normalized spacial score (nSPS) is 18.8. The van der Waals surface area contributed by atoms with Gasteiger partial charge in [-0.2, -0.15) is 0 Å². The van der Waals surface area contributed by atoms with Crippen molar-refractivity contribution in [3.8, 4) is 11.8 Å². The molecule has 6 heteroatoms. The van der Waals surface area contributed by atoms with E-state index >= 15 is 0 Å². The zero-order valence-electron chi connectivity index (χ0n) is 9.23. The Kier molecular flexibility index (Phi) is 3.42. The van der Waals surface area contributed by atoms with Crippen molar-refractivity contribution in [2.75, 3.05) is 13.2 Å². The zero-order chi connectivity index (χ0) is 12.3. The molecule has 1 saturated heterocycles. The van der Waals surface area contributed by atoms with Crippen molar-refractivity contribution in [1.29, 1.82) is 0 Å². The molecule has 0 spiro atoms. The number of hydrogen-bond donors (Lipinski definition) is 2. The molecule has 1 aromatic rings. The Hall–Kier alpha value is -1.84. The van der Waals surface area contributed by atoms with Crippen LogP contribution in [0.1, 0.15) is 24.6 Å². The predicted octanol–water partition coefficient (Wildman–Crippen LogP) is -0.844. The summed E-state index contributed by atoms with van der Waals surface area (Å²) >= 11 is 0. The highest BCUT2D eigenvalue weighted by molar-refractivity contribution is 5.29. The Morgan fingerprint density at radius 1 is 1.59 bits per heavy atom. The van der Waals surface area contributed by atoms with Crippen molar-refractivity contribution in [3.05, 3.63) is 32.6 Å². The van der Waals surface area contributed by atoms with Gasteiger partial charge in [0, 0.05) is 12.8 Å². The van der Waals surface area contributed by atoms with Crippen molar-refractivity contribution < 1.29 is 4.74 Å². The molecule has 0 aromatic carbocycles. The minimum atomic E-state index is -0.495. The van der Waals surface area contributed by atoms with Gasteiger partial charge in [0.25, 0.3) is 5.56 Å². The molecule has 0 bridgehead atoms. The van der Waals surface area contributed by atoms with Crippen LogP contribution in [0.15, 0.2) is 15.8 Å². The molecule has 0 radical (unpaired) electrons. The first kappa shape index (κ1) is 11.6. The van der Waals surface area contributed by atoms with Gasteiger partial charge in [0.15, 0.2) is 0 Å². The van der Waals surface area contributed by atoms with E-state index in [1.54, 1.807) is 0 Å². The first-order chi connectivity index (χ1) is 8.22. The topological polar surface area (TPSA) is 90.1 Å². The molecule has 1 aromatic heterocycles. The lowest BCUT2D eigenvalue weighted by atomic mass is 10.3. The highest BCUT2D eigenvalue weighted by Gasteiger charge is 2.19. The van der Waals surface area contributed by atoms with Crippen LogP contribution >= 0.6 is 0 Å². The molecule has 1 aliphatic heterocycles. The summed E-state index contributed by atoms with van der Waals surface area (Å²) in [6.45, 7) is 0.790. The van der Waals surface area contributed by atoms with Gasteiger partial charge >= 0.3 is 5.69 Å². The summed E-state index contributed by atoms with van der Waals surface area (Å²) in [4.78, 5) is 25.3. The Bertz CT molecular complexity index is 570. The molecule has 17 heavy (non-hydrogen) atoms. The van der Waals surface area contributed by atoms with E-state index in [-0.39, 0.29) is 18.3 Å². The highest BCUT2D eigenvalue weighted by Crippen LogP contribution is 2.20. The van der Waals surface area contributed by atoms with Crippen LogP contribution in [0, 0.1) is 11.8 Å². The maximum absolute atomic E-state index is 11.6. The van der Waals surface area contributed by atoms with Gasteiger partial charge in [0.05, 0.1) is 6.54 Å². The maximum atomic E-state index is 11.6. The molecule has 1 unspecified atom stereocenters. The lowest BCUT2D eigenvalue weighted by molar-refractivity contribution is 0.0525. The van der Waals surface area contributed by atoms with Crippen LogP contribution in [0.5, 0.6) is 0 Å². The molecule has 90 valence electrons. The fraction of sp³-hybridized carbons (Fsp3) is 0.455. The van der Waals surface area contributed by atoms with E-state index in [4.69, 9.17) is 10.5 Å². The van der Waals surface area contributed by atoms with Crippen molar-refractivity contribution in [2.45, 2.75) is 19.1 Å². The molecule has 2 rings (SSSR count). The van der Waals surface area contributed by atoms with E-state index in [0.29, 0.717) is 6.61 Å². The van der Waals surface area contributed by atoms with E-state index in [1.807, 2.05) is 0 Å². The minimum absolute atomic E-state index is 0.165. The van der Waals surface area contributed by atoms with Crippen molar-refractivity contribution in [2.24, 2.45) is 5.73 Å². The maximum Gasteiger partial charge on any atom is 0.330 e. The summed E-state index contributed by atoms with van der Waals surface area (Å²) in [5.74, 6) is 5.21. The number of rotatable bonds is 1. The summed E-state index contributed by atoms with van der Waals surface area (Å²) in [5, 5.41) is 0. The minimum Gasteiger partial charge on any atom is -0.358 e.